The number of benzene rings is 2. The lowest BCUT2D eigenvalue weighted by Crippen LogP contribution is -2.24. The topological polar surface area (TPSA) is 25.2 Å². The molecule has 0 fully saturated rings. The Morgan fingerprint density at radius 3 is 2.44 bits per heavy atom. The van der Waals surface area contributed by atoms with E-state index in [4.69, 9.17) is 0 Å². The summed E-state index contributed by atoms with van der Waals surface area (Å²) in [5.74, 6) is 0. The first kappa shape index (κ1) is 18.2. The largest absolute Gasteiger partial charge is 0.340 e. The molecule has 3 rings (SSSR count). The smallest absolute Gasteiger partial charge is 0.197 e. The maximum absolute atomic E-state index is 12.8. The van der Waals surface area contributed by atoms with Crippen molar-refractivity contribution in [1.29, 1.82) is 0 Å². The highest BCUT2D eigenvalue weighted by molar-refractivity contribution is 9.10. The fourth-order valence-corrected chi connectivity index (χ4v) is 3.85. The number of hydrogen-bond donors (Lipinski definition) is 0. The Morgan fingerprint density at radius 2 is 1.68 bits per heavy atom. The van der Waals surface area contributed by atoms with E-state index in [0.29, 0.717) is 0 Å². The van der Waals surface area contributed by atoms with Gasteiger partial charge in [0.2, 0.25) is 0 Å². The first-order valence-electron chi connectivity index (χ1n) is 9.08. The Bertz CT molecular complexity index is 928. The summed E-state index contributed by atoms with van der Waals surface area (Å²) in [6, 6.07) is 14.0. The molecule has 25 heavy (non-hydrogen) atoms. The van der Waals surface area contributed by atoms with Crippen molar-refractivity contribution in [2.45, 2.75) is 33.2 Å². The van der Waals surface area contributed by atoms with Crippen LogP contribution in [0.3, 0.4) is 0 Å². The number of nitrogens with zero attached hydrogens (tertiary/aromatic N) is 2. The minimum atomic E-state index is 0.117. The van der Waals surface area contributed by atoms with Crippen LogP contribution in [0.4, 0.5) is 0 Å². The van der Waals surface area contributed by atoms with Crippen LogP contribution in [0.5, 0.6) is 0 Å². The number of pyridine rings is 1. The van der Waals surface area contributed by atoms with Crippen LogP contribution in [0.2, 0.25) is 0 Å². The summed E-state index contributed by atoms with van der Waals surface area (Å²) in [6.07, 6.45) is 2.27. The molecule has 132 valence electrons. The van der Waals surface area contributed by atoms with Gasteiger partial charge in [0.1, 0.15) is 0 Å². The van der Waals surface area contributed by atoms with Crippen LogP contribution in [0.1, 0.15) is 26.7 Å². The Balaban J connectivity index is 1.97. The second-order valence-electron chi connectivity index (χ2n) is 6.39. The SMILES string of the molecule is CCN(CC)CCCCn1c2ccccc2c(=O)c2cc(Br)ccc21. The van der Waals surface area contributed by atoms with Crippen LogP contribution in [0, 0.1) is 0 Å². The fraction of sp³-hybridized carbons (Fsp3) is 0.381. The van der Waals surface area contributed by atoms with E-state index < -0.39 is 0 Å². The number of aryl methyl sites for hydroxylation is 1. The lowest BCUT2D eigenvalue weighted by Gasteiger charge is -2.19. The molecule has 0 bridgehead atoms. The predicted molar refractivity (Wildman–Crippen MR) is 110 cm³/mol. The van der Waals surface area contributed by atoms with Crippen LogP contribution in [-0.4, -0.2) is 29.1 Å². The quantitative estimate of drug-likeness (QED) is 0.409. The van der Waals surface area contributed by atoms with E-state index >= 15 is 0 Å². The van der Waals surface area contributed by atoms with E-state index in [1.54, 1.807) is 0 Å². The Labute approximate surface area is 157 Å². The van der Waals surface area contributed by atoms with Gasteiger partial charge in [-0.1, -0.05) is 41.9 Å². The molecule has 0 aliphatic heterocycles. The van der Waals surface area contributed by atoms with Crippen molar-refractivity contribution in [3.05, 3.63) is 57.2 Å². The standard InChI is InChI=1S/C21H25BrN2O/c1-3-23(4-2)13-7-8-14-24-19-10-6-5-9-17(19)21(25)18-15-16(22)11-12-20(18)24/h5-6,9-12,15H,3-4,7-8,13-14H2,1-2H3. The number of unbranched alkanes of at least 4 members (excludes halogenated alkanes) is 1. The highest BCUT2D eigenvalue weighted by atomic mass is 79.9. The molecule has 4 heteroatoms. The van der Waals surface area contributed by atoms with Gasteiger partial charge in [-0.3, -0.25) is 4.79 Å². The van der Waals surface area contributed by atoms with Crippen molar-refractivity contribution in [2.24, 2.45) is 0 Å². The molecule has 0 radical (unpaired) electrons. The highest BCUT2D eigenvalue weighted by Gasteiger charge is 2.11. The number of halogens is 1. The molecule has 0 amide bonds. The molecule has 0 N–H and O–H groups in total. The second-order valence-corrected chi connectivity index (χ2v) is 7.31. The first-order valence-corrected chi connectivity index (χ1v) is 9.88. The third kappa shape index (κ3) is 3.80. The second kappa shape index (κ2) is 8.15. The maximum atomic E-state index is 12.8. The van der Waals surface area contributed by atoms with Gasteiger partial charge in [0.05, 0.1) is 11.0 Å². The van der Waals surface area contributed by atoms with E-state index in [2.05, 4.69) is 51.4 Å². The average molecular weight is 401 g/mol. The first-order chi connectivity index (χ1) is 12.2. The van der Waals surface area contributed by atoms with Crippen molar-refractivity contribution in [3.8, 4) is 0 Å². The summed E-state index contributed by atoms with van der Waals surface area (Å²) in [4.78, 5) is 15.3. The number of para-hydroxylation sites is 1. The van der Waals surface area contributed by atoms with Gasteiger partial charge in [-0.25, -0.2) is 0 Å². The molecule has 0 unspecified atom stereocenters. The molecule has 2 aromatic carbocycles. The average Bonchev–Trinajstić information content (AvgIpc) is 2.64. The fourth-order valence-electron chi connectivity index (χ4n) is 3.49. The molecule has 0 saturated carbocycles. The lowest BCUT2D eigenvalue weighted by atomic mass is 10.1. The van der Waals surface area contributed by atoms with Crippen LogP contribution in [0.15, 0.2) is 51.7 Å². The van der Waals surface area contributed by atoms with Crippen molar-refractivity contribution < 1.29 is 0 Å². The van der Waals surface area contributed by atoms with Gasteiger partial charge in [-0.05, 0) is 62.8 Å². The monoisotopic (exact) mass is 400 g/mol. The summed E-state index contributed by atoms with van der Waals surface area (Å²) in [5.41, 5.74) is 2.17. The summed E-state index contributed by atoms with van der Waals surface area (Å²) in [5, 5.41) is 1.59. The van der Waals surface area contributed by atoms with Gasteiger partial charge in [-0.15, -0.1) is 0 Å². The third-order valence-electron chi connectivity index (χ3n) is 4.93. The minimum absolute atomic E-state index is 0.117. The molecule has 0 atom stereocenters. The zero-order chi connectivity index (χ0) is 17.8. The van der Waals surface area contributed by atoms with Gasteiger partial charge in [0.15, 0.2) is 5.43 Å². The lowest BCUT2D eigenvalue weighted by molar-refractivity contribution is 0.295. The van der Waals surface area contributed by atoms with Crippen molar-refractivity contribution in [1.82, 2.24) is 9.47 Å². The Kier molecular flexibility index (Phi) is 5.92. The van der Waals surface area contributed by atoms with Crippen molar-refractivity contribution >= 4 is 37.7 Å². The number of rotatable bonds is 7. The Hall–Kier alpha value is -1.65. The van der Waals surface area contributed by atoms with E-state index in [0.717, 1.165) is 58.9 Å². The molecule has 3 aromatic rings. The highest BCUT2D eigenvalue weighted by Crippen LogP contribution is 2.23. The third-order valence-corrected chi connectivity index (χ3v) is 5.43. The summed E-state index contributed by atoms with van der Waals surface area (Å²) in [7, 11) is 0. The number of fused-ring (bicyclic) bond motifs is 2. The van der Waals surface area contributed by atoms with Gasteiger partial charge >= 0.3 is 0 Å². The maximum Gasteiger partial charge on any atom is 0.197 e. The molecule has 0 aliphatic rings. The van der Waals surface area contributed by atoms with Gasteiger partial charge < -0.3 is 9.47 Å². The normalized spacial score (nSPS) is 11.7. The minimum Gasteiger partial charge on any atom is -0.340 e. The number of hydrogen-bond acceptors (Lipinski definition) is 2. The molecule has 0 aliphatic carbocycles. The summed E-state index contributed by atoms with van der Waals surface area (Å²) in [6.45, 7) is 8.70. The zero-order valence-corrected chi connectivity index (χ0v) is 16.6. The van der Waals surface area contributed by atoms with Crippen LogP contribution < -0.4 is 5.43 Å². The van der Waals surface area contributed by atoms with Crippen molar-refractivity contribution in [2.75, 3.05) is 19.6 Å². The molecular weight excluding hydrogens is 376 g/mol. The van der Waals surface area contributed by atoms with Gasteiger partial charge in [0, 0.05) is 21.8 Å². The van der Waals surface area contributed by atoms with E-state index in [9.17, 15) is 4.79 Å². The van der Waals surface area contributed by atoms with Crippen LogP contribution >= 0.6 is 15.9 Å². The molecule has 0 spiro atoms. The Morgan fingerprint density at radius 1 is 0.960 bits per heavy atom. The predicted octanol–water partition coefficient (Wildman–Crippen LogP) is 5.04. The van der Waals surface area contributed by atoms with E-state index in [1.807, 2.05) is 30.3 Å². The molecule has 0 saturated heterocycles. The molecular formula is C21H25BrN2O. The van der Waals surface area contributed by atoms with E-state index in [-0.39, 0.29) is 5.43 Å². The molecule has 1 heterocycles. The van der Waals surface area contributed by atoms with Crippen LogP contribution in [0.25, 0.3) is 21.8 Å². The van der Waals surface area contributed by atoms with Crippen LogP contribution in [-0.2, 0) is 6.54 Å². The molecule has 1 aromatic heterocycles. The number of aromatic nitrogens is 1. The van der Waals surface area contributed by atoms with Gasteiger partial charge in [-0.2, -0.15) is 0 Å². The van der Waals surface area contributed by atoms with E-state index in [1.165, 1.54) is 6.42 Å². The summed E-state index contributed by atoms with van der Waals surface area (Å²) < 4.78 is 3.25. The zero-order valence-electron chi connectivity index (χ0n) is 15.0. The molecule has 3 nitrogen and oxygen atoms in total. The van der Waals surface area contributed by atoms with Gasteiger partial charge in [0.25, 0.3) is 0 Å². The van der Waals surface area contributed by atoms with Crippen molar-refractivity contribution in [3.63, 3.8) is 0 Å². The summed E-state index contributed by atoms with van der Waals surface area (Å²) >= 11 is 3.50.